The summed E-state index contributed by atoms with van der Waals surface area (Å²) in [4.78, 5) is 0. The minimum atomic E-state index is -0.0814. The molecule has 0 amide bonds. The quantitative estimate of drug-likeness (QED) is 0.669. The third kappa shape index (κ3) is 4.04. The molecule has 0 aromatic heterocycles. The topological polar surface area (TPSA) is 41.5 Å². The van der Waals surface area contributed by atoms with Gasteiger partial charge in [0.15, 0.2) is 0 Å². The van der Waals surface area contributed by atoms with Gasteiger partial charge >= 0.3 is 0 Å². The Morgan fingerprint density at radius 1 is 1.44 bits per heavy atom. The molecule has 0 aromatic rings. The van der Waals surface area contributed by atoms with Gasteiger partial charge in [0.05, 0.1) is 12.7 Å². The number of hydrogen-bond donors (Lipinski definition) is 2. The van der Waals surface area contributed by atoms with Gasteiger partial charge < -0.3 is 15.2 Å². The summed E-state index contributed by atoms with van der Waals surface area (Å²) < 4.78 is 5.60. The number of hydrogen-bond acceptors (Lipinski definition) is 3. The molecule has 2 unspecified atom stereocenters. The fraction of sp³-hybridized carbons (Fsp3) is 1.00. The Bertz CT molecular complexity index is 175. The van der Waals surface area contributed by atoms with Crippen molar-refractivity contribution >= 4 is 0 Å². The molecule has 1 heterocycles. The predicted octanol–water partition coefficient (Wildman–Crippen LogP) is 2.09. The predicted molar refractivity (Wildman–Crippen MR) is 66.6 cm³/mol. The van der Waals surface area contributed by atoms with Crippen LogP contribution in [0.15, 0.2) is 0 Å². The van der Waals surface area contributed by atoms with Gasteiger partial charge in [-0.3, -0.25) is 0 Å². The van der Waals surface area contributed by atoms with Crippen LogP contribution in [-0.4, -0.2) is 36.5 Å². The van der Waals surface area contributed by atoms with Gasteiger partial charge in [-0.05, 0) is 25.7 Å². The van der Waals surface area contributed by atoms with Crippen molar-refractivity contribution in [3.63, 3.8) is 0 Å². The van der Waals surface area contributed by atoms with Crippen LogP contribution in [0.2, 0.25) is 0 Å². The van der Waals surface area contributed by atoms with Crippen LogP contribution in [0.3, 0.4) is 0 Å². The molecule has 3 heteroatoms. The lowest BCUT2D eigenvalue weighted by Crippen LogP contribution is -2.50. The summed E-state index contributed by atoms with van der Waals surface area (Å²) in [5, 5.41) is 13.1. The van der Waals surface area contributed by atoms with Gasteiger partial charge in [-0.2, -0.15) is 0 Å². The molecule has 96 valence electrons. The third-order valence-corrected chi connectivity index (χ3v) is 3.72. The summed E-state index contributed by atoms with van der Waals surface area (Å²) >= 11 is 0. The van der Waals surface area contributed by atoms with Crippen LogP contribution in [0.4, 0.5) is 0 Å². The maximum atomic E-state index is 9.57. The van der Waals surface area contributed by atoms with Gasteiger partial charge in [0.25, 0.3) is 0 Å². The molecule has 0 radical (unpaired) electrons. The Morgan fingerprint density at radius 2 is 2.25 bits per heavy atom. The van der Waals surface area contributed by atoms with Gasteiger partial charge in [0.1, 0.15) is 0 Å². The zero-order valence-corrected chi connectivity index (χ0v) is 10.8. The van der Waals surface area contributed by atoms with Crippen LogP contribution in [-0.2, 0) is 4.74 Å². The largest absolute Gasteiger partial charge is 0.394 e. The lowest BCUT2D eigenvalue weighted by molar-refractivity contribution is 0.0828. The molecule has 2 N–H and O–H groups in total. The first kappa shape index (κ1) is 13.9. The molecule has 2 atom stereocenters. The van der Waals surface area contributed by atoms with E-state index in [1.54, 1.807) is 0 Å². The average molecular weight is 229 g/mol. The van der Waals surface area contributed by atoms with Gasteiger partial charge in [-0.15, -0.1) is 0 Å². The molecule has 1 aliphatic heterocycles. The maximum absolute atomic E-state index is 9.57. The number of ether oxygens (including phenoxy) is 1. The van der Waals surface area contributed by atoms with Gasteiger partial charge in [-0.25, -0.2) is 0 Å². The van der Waals surface area contributed by atoms with E-state index < -0.39 is 0 Å². The van der Waals surface area contributed by atoms with Crippen molar-refractivity contribution in [2.24, 2.45) is 0 Å². The first-order valence-electron chi connectivity index (χ1n) is 6.74. The second kappa shape index (κ2) is 7.25. The highest BCUT2D eigenvalue weighted by atomic mass is 16.5. The first-order valence-corrected chi connectivity index (χ1v) is 6.74. The van der Waals surface area contributed by atoms with Crippen molar-refractivity contribution in [3.05, 3.63) is 0 Å². The fourth-order valence-electron chi connectivity index (χ4n) is 2.29. The van der Waals surface area contributed by atoms with E-state index in [9.17, 15) is 5.11 Å². The van der Waals surface area contributed by atoms with Gasteiger partial charge in [-0.1, -0.05) is 26.7 Å². The number of aliphatic hydroxyl groups is 1. The summed E-state index contributed by atoms with van der Waals surface area (Å²) in [6.07, 6.45) is 7.10. The molecule has 0 aromatic carbocycles. The van der Waals surface area contributed by atoms with E-state index in [2.05, 4.69) is 19.2 Å². The van der Waals surface area contributed by atoms with Crippen molar-refractivity contribution in [2.75, 3.05) is 19.8 Å². The van der Waals surface area contributed by atoms with Crippen molar-refractivity contribution in [1.82, 2.24) is 5.32 Å². The smallest absolute Gasteiger partial charge is 0.0700 e. The molecule has 1 fully saturated rings. The molecule has 3 nitrogen and oxygen atoms in total. The van der Waals surface area contributed by atoms with Crippen molar-refractivity contribution in [1.29, 1.82) is 0 Å². The second-order valence-electron chi connectivity index (χ2n) is 4.91. The number of rotatable bonds is 8. The SMILES string of the molecule is CCCCC(CC)(CO)NCC1CCCO1. The maximum Gasteiger partial charge on any atom is 0.0700 e. The summed E-state index contributed by atoms with van der Waals surface area (Å²) in [7, 11) is 0. The Labute approximate surface area is 99.6 Å². The molecule has 0 aliphatic carbocycles. The number of nitrogens with one attached hydrogen (secondary N) is 1. The highest BCUT2D eigenvalue weighted by Gasteiger charge is 2.27. The van der Waals surface area contributed by atoms with Crippen molar-refractivity contribution in [3.8, 4) is 0 Å². The van der Waals surface area contributed by atoms with Crippen LogP contribution in [0.25, 0.3) is 0 Å². The molecule has 1 rings (SSSR count). The van der Waals surface area contributed by atoms with Crippen LogP contribution in [0.1, 0.15) is 52.4 Å². The molecule has 0 saturated carbocycles. The summed E-state index contributed by atoms with van der Waals surface area (Å²) in [5.41, 5.74) is -0.0814. The first-order chi connectivity index (χ1) is 7.76. The third-order valence-electron chi connectivity index (χ3n) is 3.72. The highest BCUT2D eigenvalue weighted by molar-refractivity contribution is 4.87. The molecular formula is C13H27NO2. The lowest BCUT2D eigenvalue weighted by Gasteiger charge is -2.33. The molecular weight excluding hydrogens is 202 g/mol. The highest BCUT2D eigenvalue weighted by Crippen LogP contribution is 2.19. The Morgan fingerprint density at radius 3 is 2.75 bits per heavy atom. The van der Waals surface area contributed by atoms with Crippen LogP contribution in [0, 0.1) is 0 Å². The fourth-order valence-corrected chi connectivity index (χ4v) is 2.29. The molecule has 0 bridgehead atoms. The van der Waals surface area contributed by atoms with Gasteiger partial charge in [0, 0.05) is 18.7 Å². The Balaban J connectivity index is 2.35. The van der Waals surface area contributed by atoms with E-state index in [0.29, 0.717) is 6.10 Å². The lowest BCUT2D eigenvalue weighted by atomic mass is 9.90. The summed E-state index contributed by atoms with van der Waals surface area (Å²) in [6.45, 7) is 6.36. The van der Waals surface area contributed by atoms with E-state index in [-0.39, 0.29) is 12.1 Å². The van der Waals surface area contributed by atoms with Crippen molar-refractivity contribution < 1.29 is 9.84 Å². The summed E-state index contributed by atoms with van der Waals surface area (Å²) in [5.74, 6) is 0. The Kier molecular flexibility index (Phi) is 6.32. The monoisotopic (exact) mass is 229 g/mol. The van der Waals surface area contributed by atoms with E-state index in [1.807, 2.05) is 0 Å². The molecule has 1 aliphatic rings. The minimum Gasteiger partial charge on any atom is -0.394 e. The van der Waals surface area contributed by atoms with E-state index in [0.717, 1.165) is 32.4 Å². The zero-order valence-electron chi connectivity index (χ0n) is 10.8. The standard InChI is InChI=1S/C13H27NO2/c1-3-5-8-13(4-2,11-15)14-10-12-7-6-9-16-12/h12,14-15H,3-11H2,1-2H3. The van der Waals surface area contributed by atoms with Crippen LogP contribution < -0.4 is 5.32 Å². The number of aliphatic hydroxyl groups excluding tert-OH is 1. The number of unbranched alkanes of at least 4 members (excludes halogenated alkanes) is 1. The summed E-state index contributed by atoms with van der Waals surface area (Å²) in [6, 6.07) is 0. The second-order valence-corrected chi connectivity index (χ2v) is 4.91. The van der Waals surface area contributed by atoms with E-state index in [4.69, 9.17) is 4.74 Å². The molecule has 0 spiro atoms. The zero-order chi connectivity index (χ0) is 11.9. The van der Waals surface area contributed by atoms with E-state index >= 15 is 0 Å². The molecule has 1 saturated heterocycles. The van der Waals surface area contributed by atoms with Gasteiger partial charge in [0.2, 0.25) is 0 Å². The average Bonchev–Trinajstić information content (AvgIpc) is 2.83. The van der Waals surface area contributed by atoms with E-state index in [1.165, 1.54) is 19.3 Å². The van der Waals surface area contributed by atoms with Crippen molar-refractivity contribution in [2.45, 2.75) is 64.0 Å². The molecule has 16 heavy (non-hydrogen) atoms. The van der Waals surface area contributed by atoms with Crippen LogP contribution in [0.5, 0.6) is 0 Å². The normalized spacial score (nSPS) is 24.6. The van der Waals surface area contributed by atoms with Crippen LogP contribution >= 0.6 is 0 Å². The Hall–Kier alpha value is -0.120. The minimum absolute atomic E-state index is 0.0814.